The molecule has 2 aromatic rings. The summed E-state index contributed by atoms with van der Waals surface area (Å²) in [5.74, 6) is 0.433. The number of nitrogens with two attached hydrogens (primary N) is 1. The maximum absolute atomic E-state index is 13.0. The van der Waals surface area contributed by atoms with Crippen LogP contribution in [0.3, 0.4) is 0 Å². The molecule has 0 radical (unpaired) electrons. The number of nitrogens with zero attached hydrogens (tertiary/aromatic N) is 2. The molecule has 0 spiro atoms. The summed E-state index contributed by atoms with van der Waals surface area (Å²) >= 11 is 1.12. The first-order valence-corrected chi connectivity index (χ1v) is 11.4. The van der Waals surface area contributed by atoms with Gasteiger partial charge in [0.15, 0.2) is 0 Å². The largest absolute Gasteiger partial charge is 0.458 e. The minimum absolute atomic E-state index is 0.0637. The number of aliphatic hydroxyl groups is 2. The lowest BCUT2D eigenvalue weighted by Gasteiger charge is -2.22. The Hall–Kier alpha value is -1.88. The molecule has 2 heterocycles. The van der Waals surface area contributed by atoms with Gasteiger partial charge in [0.2, 0.25) is 0 Å². The summed E-state index contributed by atoms with van der Waals surface area (Å²) in [5.41, 5.74) is 4.85. The second-order valence-corrected chi connectivity index (χ2v) is 9.41. The van der Waals surface area contributed by atoms with Crippen molar-refractivity contribution in [1.29, 1.82) is 0 Å². The van der Waals surface area contributed by atoms with Crippen LogP contribution in [0.25, 0.3) is 0 Å². The Bertz CT molecular complexity index is 930. The number of nitrogen functional groups attached to an aromatic ring is 1. The zero-order chi connectivity index (χ0) is 21.0. The van der Waals surface area contributed by atoms with E-state index in [9.17, 15) is 19.6 Å². The van der Waals surface area contributed by atoms with Crippen LogP contribution in [0.2, 0.25) is 0 Å². The Kier molecular flexibility index (Phi) is 6.99. The fraction of sp³-hybridized carbons (Fsp3) is 0.412. The number of para-hydroxylation sites is 1. The molecule has 0 bridgehead atoms. The first-order chi connectivity index (χ1) is 13.8. The van der Waals surface area contributed by atoms with E-state index in [-0.39, 0.29) is 12.4 Å². The number of benzene rings is 1. The summed E-state index contributed by atoms with van der Waals surface area (Å²) in [6.45, 7) is 1.92. The molecule has 12 heteroatoms. The van der Waals surface area contributed by atoms with Gasteiger partial charge < -0.3 is 20.5 Å². The summed E-state index contributed by atoms with van der Waals surface area (Å²) in [4.78, 5) is 15.7. The summed E-state index contributed by atoms with van der Waals surface area (Å²) in [6, 6.07) is 9.99. The van der Waals surface area contributed by atoms with Crippen molar-refractivity contribution in [3.63, 3.8) is 0 Å². The topological polar surface area (TPSA) is 149 Å². The lowest BCUT2D eigenvalue weighted by atomic mass is 10.1. The van der Waals surface area contributed by atoms with Crippen molar-refractivity contribution in [2.75, 3.05) is 18.9 Å². The van der Waals surface area contributed by atoms with Crippen molar-refractivity contribution in [1.82, 2.24) is 14.6 Å². The zero-order valence-corrected chi connectivity index (χ0v) is 17.3. The molecular formula is C17H23N4O6PS. The summed E-state index contributed by atoms with van der Waals surface area (Å²) in [7, 11) is -3.70. The molecular weight excluding hydrogens is 419 g/mol. The van der Waals surface area contributed by atoms with Gasteiger partial charge in [0, 0.05) is 12.7 Å². The molecule has 5 atom stereocenters. The first kappa shape index (κ1) is 21.8. The minimum Gasteiger partial charge on any atom is -0.413 e. The zero-order valence-electron chi connectivity index (χ0n) is 15.6. The van der Waals surface area contributed by atoms with Gasteiger partial charge in [-0.2, -0.15) is 4.98 Å². The second-order valence-electron chi connectivity index (χ2n) is 6.30. The molecule has 0 amide bonds. The van der Waals surface area contributed by atoms with Gasteiger partial charge in [-0.3, -0.25) is 9.09 Å². The Balaban J connectivity index is 1.70. The van der Waals surface area contributed by atoms with Crippen LogP contribution in [-0.4, -0.2) is 50.4 Å². The van der Waals surface area contributed by atoms with Gasteiger partial charge in [0.1, 0.15) is 23.0 Å². The highest BCUT2D eigenvalue weighted by Gasteiger charge is 2.45. The third kappa shape index (κ3) is 5.19. The minimum atomic E-state index is -3.70. The summed E-state index contributed by atoms with van der Waals surface area (Å²) < 4.78 is 25.2. The van der Waals surface area contributed by atoms with E-state index >= 15 is 0 Å². The van der Waals surface area contributed by atoms with Crippen LogP contribution in [0.5, 0.6) is 5.75 Å². The van der Waals surface area contributed by atoms with Crippen LogP contribution in [-0.2, 0) is 9.09 Å². The highest BCUT2D eigenvalue weighted by atomic mass is 32.2. The van der Waals surface area contributed by atoms with Crippen LogP contribution >= 0.6 is 19.5 Å². The third-order valence-corrected chi connectivity index (χ3v) is 7.39. The average Bonchev–Trinajstić information content (AvgIpc) is 2.96. The molecule has 29 heavy (non-hydrogen) atoms. The van der Waals surface area contributed by atoms with Crippen molar-refractivity contribution < 1.29 is 23.8 Å². The Morgan fingerprint density at radius 2 is 2.00 bits per heavy atom. The number of rotatable bonds is 8. The van der Waals surface area contributed by atoms with Crippen LogP contribution in [0.4, 0.5) is 5.82 Å². The Morgan fingerprint density at radius 3 is 2.66 bits per heavy atom. The molecule has 0 aliphatic carbocycles. The molecule has 1 aromatic heterocycles. The number of anilines is 1. The highest BCUT2D eigenvalue weighted by molar-refractivity contribution is 8.00. The van der Waals surface area contributed by atoms with Crippen molar-refractivity contribution in [3.05, 3.63) is 53.1 Å². The highest BCUT2D eigenvalue weighted by Crippen LogP contribution is 2.47. The maximum atomic E-state index is 13.0. The molecule has 10 nitrogen and oxygen atoms in total. The SMILES string of the molecule is CCNP(=O)(OC[C@H]1S[C@@H](n2ccc(N)nc2=O)[C@@H](O)[C@@H]1O)Oc1ccccc1. The number of thioether (sulfide) groups is 1. The van der Waals surface area contributed by atoms with E-state index in [1.165, 1.54) is 16.8 Å². The van der Waals surface area contributed by atoms with Gasteiger partial charge in [-0.15, -0.1) is 11.8 Å². The van der Waals surface area contributed by atoms with Gasteiger partial charge in [0.05, 0.1) is 18.0 Å². The predicted molar refractivity (Wildman–Crippen MR) is 110 cm³/mol. The Labute approximate surface area is 171 Å². The second kappa shape index (κ2) is 9.29. The molecule has 1 fully saturated rings. The maximum Gasteiger partial charge on any atom is 0.458 e. The van der Waals surface area contributed by atoms with E-state index in [0.29, 0.717) is 12.3 Å². The number of aliphatic hydroxyl groups excluding tert-OH is 2. The van der Waals surface area contributed by atoms with Crippen molar-refractivity contribution in [2.45, 2.75) is 29.8 Å². The van der Waals surface area contributed by atoms with E-state index in [1.807, 2.05) is 0 Å². The first-order valence-electron chi connectivity index (χ1n) is 8.93. The lowest BCUT2D eigenvalue weighted by Crippen LogP contribution is -2.36. The van der Waals surface area contributed by atoms with Gasteiger partial charge in [-0.05, 0) is 18.2 Å². The molecule has 3 rings (SSSR count). The van der Waals surface area contributed by atoms with E-state index in [0.717, 1.165) is 11.8 Å². The number of nitrogens with one attached hydrogen (secondary N) is 1. The van der Waals surface area contributed by atoms with Crippen molar-refractivity contribution >= 4 is 25.3 Å². The molecule has 0 saturated carbocycles. The average molecular weight is 442 g/mol. The van der Waals surface area contributed by atoms with Gasteiger partial charge in [0.25, 0.3) is 0 Å². The van der Waals surface area contributed by atoms with Gasteiger partial charge in [-0.25, -0.2) is 14.4 Å². The summed E-state index contributed by atoms with van der Waals surface area (Å²) in [6.07, 6.45) is -1.05. The molecule has 1 aliphatic heterocycles. The van der Waals surface area contributed by atoms with Crippen LogP contribution in [0.15, 0.2) is 47.4 Å². The van der Waals surface area contributed by atoms with E-state index < -0.39 is 36.3 Å². The van der Waals surface area contributed by atoms with Gasteiger partial charge in [-0.1, -0.05) is 25.1 Å². The smallest absolute Gasteiger partial charge is 0.413 e. The quantitative estimate of drug-likeness (QED) is 0.436. The van der Waals surface area contributed by atoms with Crippen LogP contribution in [0.1, 0.15) is 12.3 Å². The molecule has 158 valence electrons. The Morgan fingerprint density at radius 1 is 1.28 bits per heavy atom. The fourth-order valence-electron chi connectivity index (χ4n) is 2.81. The lowest BCUT2D eigenvalue weighted by molar-refractivity contribution is 0.0110. The molecule has 1 saturated heterocycles. The normalized spacial score (nSPS) is 26.2. The standard InChI is InChI=1S/C17H23N4O6PS/c1-2-19-28(25,27-11-6-4-3-5-7-11)26-10-12-14(22)15(23)16(29-12)21-9-8-13(18)20-17(21)24/h3-9,12,14-16,22-23H,2,10H2,1H3,(H,19,25)(H2,18,20,24)/t12-,14-,15+,16-,28?/m1/s1. The molecule has 1 unspecified atom stereocenters. The monoisotopic (exact) mass is 442 g/mol. The van der Waals surface area contributed by atoms with E-state index in [1.54, 1.807) is 37.3 Å². The van der Waals surface area contributed by atoms with Crippen molar-refractivity contribution in [3.8, 4) is 5.75 Å². The van der Waals surface area contributed by atoms with E-state index in [2.05, 4.69) is 10.1 Å². The van der Waals surface area contributed by atoms with Crippen molar-refractivity contribution in [2.24, 2.45) is 0 Å². The number of aromatic nitrogens is 2. The molecule has 5 N–H and O–H groups in total. The predicted octanol–water partition coefficient (Wildman–Crippen LogP) is 0.974. The van der Waals surface area contributed by atoms with Gasteiger partial charge >= 0.3 is 13.4 Å². The number of hydrogen-bond acceptors (Lipinski definition) is 9. The van der Waals surface area contributed by atoms with E-state index in [4.69, 9.17) is 14.8 Å². The molecule has 1 aromatic carbocycles. The number of hydrogen-bond donors (Lipinski definition) is 4. The van der Waals surface area contributed by atoms with Crippen LogP contribution < -0.4 is 21.0 Å². The third-order valence-electron chi connectivity index (χ3n) is 4.19. The summed E-state index contributed by atoms with van der Waals surface area (Å²) in [5, 5.41) is 22.0. The molecule has 1 aliphatic rings. The van der Waals surface area contributed by atoms with Crippen LogP contribution in [0, 0.1) is 0 Å². The fourth-order valence-corrected chi connectivity index (χ4v) is 5.70.